The Morgan fingerprint density at radius 3 is 2.31 bits per heavy atom. The van der Waals surface area contributed by atoms with Crippen molar-refractivity contribution >= 4 is 29.3 Å². The van der Waals surface area contributed by atoms with Crippen LogP contribution in [0.3, 0.4) is 0 Å². The minimum absolute atomic E-state index is 0.0856. The zero-order valence-electron chi connectivity index (χ0n) is 10.3. The molecule has 1 saturated heterocycles. The highest BCUT2D eigenvalue weighted by Crippen LogP contribution is 2.75. The first-order valence-electron chi connectivity index (χ1n) is 6.28. The molecule has 2 unspecified atom stereocenters. The molecule has 1 nitrogen and oxygen atoms in total. The second kappa shape index (κ2) is 3.23. The van der Waals surface area contributed by atoms with Crippen LogP contribution in [0.4, 0.5) is 0 Å². The van der Waals surface area contributed by atoms with Gasteiger partial charge in [-0.25, -0.2) is 0 Å². The topological polar surface area (TPSA) is 17.1 Å². The Morgan fingerprint density at radius 2 is 1.81 bits per heavy atom. The summed E-state index contributed by atoms with van der Waals surface area (Å²) in [5.41, 5.74) is 0.429. The van der Waals surface area contributed by atoms with Gasteiger partial charge >= 0.3 is 0 Å². The maximum Gasteiger partial charge on any atom is 0.163 e. The van der Waals surface area contributed by atoms with Gasteiger partial charge in [-0.3, -0.25) is 4.79 Å². The summed E-state index contributed by atoms with van der Waals surface area (Å²) in [5.74, 6) is 3.26. The van der Waals surface area contributed by atoms with Crippen molar-refractivity contribution in [3.05, 3.63) is 0 Å². The van der Waals surface area contributed by atoms with Gasteiger partial charge in [0.15, 0.2) is 5.78 Å². The van der Waals surface area contributed by atoms with Gasteiger partial charge in [0.2, 0.25) is 0 Å². The Balaban J connectivity index is 2.11. The number of hydrogen-bond acceptors (Lipinski definition) is 3. The molecule has 3 aliphatic rings. The average Bonchev–Trinajstić information content (AvgIpc) is 2.55. The molecular weight excluding hydrogens is 236 g/mol. The third-order valence-corrected chi connectivity index (χ3v) is 9.30. The number of carbonyl (C=O) groups is 1. The highest BCUT2D eigenvalue weighted by Gasteiger charge is 2.74. The summed E-state index contributed by atoms with van der Waals surface area (Å²) < 4.78 is -0.0856. The Hall–Kier alpha value is 0.370. The lowest BCUT2D eigenvalue weighted by Crippen LogP contribution is -2.48. The third kappa shape index (κ3) is 1.01. The molecule has 0 aromatic carbocycles. The largest absolute Gasteiger partial charge is 0.297 e. The van der Waals surface area contributed by atoms with E-state index in [-0.39, 0.29) is 14.9 Å². The number of thioether (sulfide) groups is 2. The molecule has 3 rings (SSSR count). The predicted octanol–water partition coefficient (Wildman–Crippen LogP) is 3.58. The Kier molecular flexibility index (Phi) is 2.31. The fourth-order valence-corrected chi connectivity index (χ4v) is 8.15. The normalized spacial score (nSPS) is 44.2. The lowest BCUT2D eigenvalue weighted by Gasteiger charge is -2.48. The predicted molar refractivity (Wildman–Crippen MR) is 71.9 cm³/mol. The standard InChI is InChI=1S/C13H20OS2/c1-11(2)9-5-6-12(11,3)13(10(9)14)15-7-4-8-16-13/h9H,4-8H2,1-3H3. The molecule has 1 spiro atoms. The number of hydrogen-bond donors (Lipinski definition) is 0. The highest BCUT2D eigenvalue weighted by molar-refractivity contribution is 8.20. The molecule has 16 heavy (non-hydrogen) atoms. The molecule has 0 amide bonds. The molecule has 2 bridgehead atoms. The molecule has 2 saturated carbocycles. The molecule has 0 aromatic heterocycles. The van der Waals surface area contributed by atoms with Crippen LogP contribution < -0.4 is 0 Å². The summed E-state index contributed by atoms with van der Waals surface area (Å²) in [4.78, 5) is 12.7. The minimum Gasteiger partial charge on any atom is -0.297 e. The van der Waals surface area contributed by atoms with Crippen LogP contribution in [0.1, 0.15) is 40.0 Å². The van der Waals surface area contributed by atoms with Crippen LogP contribution in [0.15, 0.2) is 0 Å². The van der Waals surface area contributed by atoms with E-state index >= 15 is 0 Å². The number of Topliss-reactive ketones (excluding diaryl/α,β-unsaturated/α-hetero) is 1. The van der Waals surface area contributed by atoms with E-state index in [1.807, 2.05) is 23.5 Å². The zero-order valence-corrected chi connectivity index (χ0v) is 12.0. The van der Waals surface area contributed by atoms with Gasteiger partial charge in [0, 0.05) is 11.3 Å². The van der Waals surface area contributed by atoms with E-state index in [1.54, 1.807) is 0 Å². The van der Waals surface area contributed by atoms with E-state index < -0.39 is 0 Å². The fourth-order valence-electron chi connectivity index (χ4n) is 4.04. The lowest BCUT2D eigenvalue weighted by atomic mass is 9.70. The van der Waals surface area contributed by atoms with Gasteiger partial charge in [-0.15, -0.1) is 23.5 Å². The maximum atomic E-state index is 12.7. The van der Waals surface area contributed by atoms with E-state index in [0.717, 1.165) is 6.42 Å². The minimum atomic E-state index is -0.0856. The van der Waals surface area contributed by atoms with E-state index in [9.17, 15) is 4.79 Å². The number of ketones is 1. The molecule has 2 atom stereocenters. The summed E-state index contributed by atoms with van der Waals surface area (Å²) in [6, 6.07) is 0. The van der Waals surface area contributed by atoms with Crippen LogP contribution in [0.25, 0.3) is 0 Å². The summed E-state index contributed by atoms with van der Waals surface area (Å²) in [5, 5.41) is 0. The third-order valence-electron chi connectivity index (χ3n) is 5.49. The van der Waals surface area contributed by atoms with Crippen LogP contribution in [0.5, 0.6) is 0 Å². The van der Waals surface area contributed by atoms with Crippen molar-refractivity contribution in [3.8, 4) is 0 Å². The average molecular weight is 256 g/mol. The summed E-state index contributed by atoms with van der Waals surface area (Å²) in [7, 11) is 0. The van der Waals surface area contributed by atoms with Crippen molar-refractivity contribution in [3.63, 3.8) is 0 Å². The van der Waals surface area contributed by atoms with Crippen LogP contribution in [0, 0.1) is 16.7 Å². The molecule has 3 fully saturated rings. The van der Waals surface area contributed by atoms with E-state index in [1.165, 1.54) is 24.3 Å². The highest BCUT2D eigenvalue weighted by atomic mass is 32.2. The SMILES string of the molecule is CC1(C)C2CCC1(C)C1(SCCCS1)C2=O. The van der Waals surface area contributed by atoms with Gasteiger partial charge in [-0.1, -0.05) is 20.8 Å². The molecular formula is C13H20OS2. The molecule has 2 aliphatic carbocycles. The first-order valence-corrected chi connectivity index (χ1v) is 8.25. The van der Waals surface area contributed by atoms with Gasteiger partial charge in [-0.05, 0) is 36.2 Å². The van der Waals surface area contributed by atoms with Crippen molar-refractivity contribution in [2.75, 3.05) is 11.5 Å². The Labute approximate surface area is 107 Å². The van der Waals surface area contributed by atoms with E-state index in [4.69, 9.17) is 0 Å². The second-order valence-electron chi connectivity index (χ2n) is 6.18. The Bertz CT molecular complexity index is 344. The second-order valence-corrected chi connectivity index (χ2v) is 9.05. The fraction of sp³-hybridized carbons (Fsp3) is 0.923. The quantitative estimate of drug-likeness (QED) is 0.659. The number of carbonyl (C=O) groups excluding carboxylic acids is 1. The first-order chi connectivity index (χ1) is 7.46. The molecule has 0 aromatic rings. The van der Waals surface area contributed by atoms with Crippen molar-refractivity contribution in [2.45, 2.75) is 44.1 Å². The van der Waals surface area contributed by atoms with Gasteiger partial charge in [0.1, 0.15) is 4.08 Å². The van der Waals surface area contributed by atoms with Crippen LogP contribution >= 0.6 is 23.5 Å². The summed E-state index contributed by atoms with van der Waals surface area (Å²) >= 11 is 3.92. The van der Waals surface area contributed by atoms with Crippen LogP contribution in [0.2, 0.25) is 0 Å². The van der Waals surface area contributed by atoms with Crippen LogP contribution in [-0.4, -0.2) is 21.4 Å². The molecule has 3 heteroatoms. The van der Waals surface area contributed by atoms with Gasteiger partial charge in [0.05, 0.1) is 0 Å². The number of fused-ring (bicyclic) bond motifs is 3. The maximum absolute atomic E-state index is 12.7. The molecule has 0 radical (unpaired) electrons. The number of rotatable bonds is 0. The summed E-state index contributed by atoms with van der Waals surface area (Å²) in [6.45, 7) is 7.03. The van der Waals surface area contributed by atoms with Crippen molar-refractivity contribution in [1.29, 1.82) is 0 Å². The lowest BCUT2D eigenvalue weighted by molar-refractivity contribution is -0.123. The first kappa shape index (κ1) is 11.5. The molecule has 0 N–H and O–H groups in total. The van der Waals surface area contributed by atoms with E-state index in [2.05, 4.69) is 20.8 Å². The molecule has 1 heterocycles. The van der Waals surface area contributed by atoms with E-state index in [0.29, 0.717) is 11.7 Å². The van der Waals surface area contributed by atoms with Crippen LogP contribution in [-0.2, 0) is 4.79 Å². The zero-order chi connectivity index (χ0) is 11.6. The summed E-state index contributed by atoms with van der Waals surface area (Å²) in [6.07, 6.45) is 3.65. The van der Waals surface area contributed by atoms with Gasteiger partial charge in [-0.2, -0.15) is 0 Å². The molecule has 90 valence electrons. The van der Waals surface area contributed by atoms with Crippen molar-refractivity contribution in [1.82, 2.24) is 0 Å². The van der Waals surface area contributed by atoms with Crippen molar-refractivity contribution in [2.24, 2.45) is 16.7 Å². The monoisotopic (exact) mass is 256 g/mol. The smallest absolute Gasteiger partial charge is 0.163 e. The van der Waals surface area contributed by atoms with Gasteiger partial charge < -0.3 is 0 Å². The molecule has 1 aliphatic heterocycles. The van der Waals surface area contributed by atoms with Gasteiger partial charge in [0.25, 0.3) is 0 Å². The Morgan fingerprint density at radius 1 is 1.19 bits per heavy atom. The van der Waals surface area contributed by atoms with Crippen molar-refractivity contribution < 1.29 is 4.79 Å².